The van der Waals surface area contributed by atoms with Crippen LogP contribution in [0, 0.1) is 0 Å². The van der Waals surface area contributed by atoms with Gasteiger partial charge in [0.2, 0.25) is 20.9 Å². The largest absolute Gasteiger partial charge is 0.481 e. The number of fused-ring (bicyclic) bond motifs is 1. The molecule has 2 aromatic rings. The molecule has 3 rings (SSSR count). The number of ether oxygens (including phenoxy) is 1. The summed E-state index contributed by atoms with van der Waals surface area (Å²) in [5.41, 5.74) is 0.435. The van der Waals surface area contributed by atoms with E-state index in [4.69, 9.17) is 4.74 Å². The molecule has 7 nitrogen and oxygen atoms in total. The van der Waals surface area contributed by atoms with Crippen molar-refractivity contribution in [3.05, 3.63) is 29.7 Å². The molecule has 0 aromatic carbocycles. The van der Waals surface area contributed by atoms with Gasteiger partial charge in [0.1, 0.15) is 11.6 Å². The highest BCUT2D eigenvalue weighted by atomic mass is 32.2. The van der Waals surface area contributed by atoms with Gasteiger partial charge in [-0.25, -0.2) is 13.4 Å². The zero-order valence-corrected chi connectivity index (χ0v) is 13.2. The first-order valence-electron chi connectivity index (χ1n) is 7.25. The van der Waals surface area contributed by atoms with Crippen LogP contribution in [0.4, 0.5) is 0 Å². The summed E-state index contributed by atoms with van der Waals surface area (Å²) in [6.45, 7) is 0.655. The third kappa shape index (κ3) is 2.96. The van der Waals surface area contributed by atoms with E-state index < -0.39 is 9.84 Å². The molecule has 1 aliphatic rings. The molecule has 3 heterocycles. The quantitative estimate of drug-likeness (QED) is 0.845. The highest BCUT2D eigenvalue weighted by molar-refractivity contribution is 7.90. The average Bonchev–Trinajstić information content (AvgIpc) is 2.78. The molecule has 8 heteroatoms. The van der Waals surface area contributed by atoms with Gasteiger partial charge in [-0.15, -0.1) is 10.2 Å². The Hall–Kier alpha value is -1.96. The molecule has 1 aliphatic heterocycles. The Morgan fingerprint density at radius 2 is 2.09 bits per heavy atom. The number of hydrogen-bond acceptors (Lipinski definition) is 6. The topological polar surface area (TPSA) is 87.0 Å². The molecule has 0 N–H and O–H groups in total. The molecule has 0 bridgehead atoms. The summed E-state index contributed by atoms with van der Waals surface area (Å²) in [5.74, 6) is 0.949. The molecule has 0 amide bonds. The second kappa shape index (κ2) is 6.04. The number of nitrogens with zero attached hydrogens (tertiary/aromatic N) is 4. The normalized spacial score (nSPS) is 15.1. The molecule has 0 atom stereocenters. The first-order valence-corrected chi connectivity index (χ1v) is 8.90. The van der Waals surface area contributed by atoms with Gasteiger partial charge in [-0.05, 0) is 18.9 Å². The lowest BCUT2D eigenvalue weighted by atomic mass is 10.2. The SMILES string of the molecule is COc1cccc(CS(=O)(=O)c2nnc3n2CCCCC3)n1. The fourth-order valence-corrected chi connectivity index (χ4v) is 3.98. The highest BCUT2D eigenvalue weighted by Gasteiger charge is 2.26. The van der Waals surface area contributed by atoms with E-state index in [0.717, 1.165) is 31.5 Å². The Morgan fingerprint density at radius 1 is 1.23 bits per heavy atom. The zero-order chi connectivity index (χ0) is 15.6. The fourth-order valence-electron chi connectivity index (χ4n) is 2.60. The van der Waals surface area contributed by atoms with Gasteiger partial charge in [-0.2, -0.15) is 0 Å². The van der Waals surface area contributed by atoms with E-state index in [2.05, 4.69) is 15.2 Å². The molecule has 118 valence electrons. The molecule has 0 radical (unpaired) electrons. The summed E-state index contributed by atoms with van der Waals surface area (Å²) in [6.07, 6.45) is 3.83. The molecule has 22 heavy (non-hydrogen) atoms. The Kier molecular flexibility index (Phi) is 4.10. The minimum Gasteiger partial charge on any atom is -0.481 e. The maximum Gasteiger partial charge on any atom is 0.250 e. The van der Waals surface area contributed by atoms with Crippen LogP contribution in [0.2, 0.25) is 0 Å². The van der Waals surface area contributed by atoms with Gasteiger partial charge in [-0.1, -0.05) is 12.5 Å². The van der Waals surface area contributed by atoms with Crippen LogP contribution in [0.5, 0.6) is 5.88 Å². The van der Waals surface area contributed by atoms with Crippen molar-refractivity contribution >= 4 is 9.84 Å². The number of hydrogen-bond donors (Lipinski definition) is 0. The van der Waals surface area contributed by atoms with Gasteiger partial charge in [0.05, 0.1) is 12.8 Å². The summed E-state index contributed by atoms with van der Waals surface area (Å²) in [7, 11) is -2.08. The number of aromatic nitrogens is 4. The third-order valence-corrected chi connectivity index (χ3v) is 5.22. The lowest BCUT2D eigenvalue weighted by Crippen LogP contribution is -2.14. The maximum absolute atomic E-state index is 12.6. The summed E-state index contributed by atoms with van der Waals surface area (Å²) in [5, 5.41) is 8.01. The molecular formula is C14H18N4O3S. The zero-order valence-electron chi connectivity index (χ0n) is 12.4. The van der Waals surface area contributed by atoms with E-state index in [9.17, 15) is 8.42 Å². The third-order valence-electron chi connectivity index (χ3n) is 3.68. The molecule has 0 unspecified atom stereocenters. The van der Waals surface area contributed by atoms with E-state index in [1.807, 2.05) is 0 Å². The number of rotatable bonds is 4. The van der Waals surface area contributed by atoms with Crippen LogP contribution in [0.1, 0.15) is 30.8 Å². The number of sulfone groups is 1. The van der Waals surface area contributed by atoms with Crippen molar-refractivity contribution in [2.45, 2.75) is 43.1 Å². The lowest BCUT2D eigenvalue weighted by Gasteiger charge is -2.08. The van der Waals surface area contributed by atoms with Gasteiger partial charge in [0, 0.05) is 19.0 Å². The molecule has 0 aliphatic carbocycles. The molecule has 0 fully saturated rings. The van der Waals surface area contributed by atoms with E-state index in [1.54, 1.807) is 22.8 Å². The Labute approximate surface area is 129 Å². The van der Waals surface area contributed by atoms with Crippen molar-refractivity contribution < 1.29 is 13.2 Å². The fraction of sp³-hybridized carbons (Fsp3) is 0.500. The van der Waals surface area contributed by atoms with E-state index in [-0.39, 0.29) is 10.9 Å². The molecule has 0 spiro atoms. The first kappa shape index (κ1) is 15.0. The molecule has 0 saturated heterocycles. The van der Waals surface area contributed by atoms with E-state index >= 15 is 0 Å². The van der Waals surface area contributed by atoms with Gasteiger partial charge >= 0.3 is 0 Å². The summed E-state index contributed by atoms with van der Waals surface area (Å²) >= 11 is 0. The summed E-state index contributed by atoms with van der Waals surface area (Å²) in [4.78, 5) is 4.16. The van der Waals surface area contributed by atoms with Crippen LogP contribution >= 0.6 is 0 Å². The standard InChI is InChI=1S/C14H18N4O3S/c1-21-13-8-5-6-11(15-13)10-22(19,20)14-17-16-12-7-3-2-4-9-18(12)14/h5-6,8H,2-4,7,9-10H2,1H3. The summed E-state index contributed by atoms with van der Waals surface area (Å²) < 4.78 is 32.1. The first-order chi connectivity index (χ1) is 10.6. The van der Waals surface area contributed by atoms with Crippen LogP contribution in [-0.4, -0.2) is 35.3 Å². The Bertz CT molecular complexity index is 770. The number of aryl methyl sites for hydroxylation is 1. The smallest absolute Gasteiger partial charge is 0.250 e. The molecule has 0 saturated carbocycles. The Balaban J connectivity index is 1.91. The van der Waals surface area contributed by atoms with Gasteiger partial charge in [0.25, 0.3) is 0 Å². The lowest BCUT2D eigenvalue weighted by molar-refractivity contribution is 0.396. The van der Waals surface area contributed by atoms with Crippen molar-refractivity contribution in [3.8, 4) is 5.88 Å². The van der Waals surface area contributed by atoms with Crippen LogP contribution in [0.3, 0.4) is 0 Å². The predicted molar refractivity (Wildman–Crippen MR) is 79.3 cm³/mol. The second-order valence-corrected chi connectivity index (χ2v) is 7.17. The van der Waals surface area contributed by atoms with E-state index in [0.29, 0.717) is 18.1 Å². The second-order valence-electron chi connectivity index (χ2n) is 5.29. The minimum absolute atomic E-state index is 0.0500. The van der Waals surface area contributed by atoms with Crippen molar-refractivity contribution in [2.24, 2.45) is 0 Å². The van der Waals surface area contributed by atoms with Crippen molar-refractivity contribution in [3.63, 3.8) is 0 Å². The van der Waals surface area contributed by atoms with Crippen molar-refractivity contribution in [2.75, 3.05) is 7.11 Å². The minimum atomic E-state index is -3.58. The summed E-state index contributed by atoms with van der Waals surface area (Å²) in [6, 6.07) is 5.07. The monoisotopic (exact) mass is 322 g/mol. The van der Waals surface area contributed by atoms with Crippen molar-refractivity contribution in [1.82, 2.24) is 19.7 Å². The van der Waals surface area contributed by atoms with Gasteiger partial charge in [-0.3, -0.25) is 0 Å². The van der Waals surface area contributed by atoms with Crippen LogP contribution < -0.4 is 4.74 Å². The van der Waals surface area contributed by atoms with Crippen LogP contribution in [-0.2, 0) is 28.6 Å². The number of pyridine rings is 1. The highest BCUT2D eigenvalue weighted by Crippen LogP contribution is 2.20. The Morgan fingerprint density at radius 3 is 2.91 bits per heavy atom. The average molecular weight is 322 g/mol. The van der Waals surface area contributed by atoms with Gasteiger partial charge < -0.3 is 9.30 Å². The number of methoxy groups -OCH3 is 1. The van der Waals surface area contributed by atoms with E-state index in [1.165, 1.54) is 7.11 Å². The molecule has 2 aromatic heterocycles. The molecular weight excluding hydrogens is 304 g/mol. The van der Waals surface area contributed by atoms with Gasteiger partial charge in [0.15, 0.2) is 0 Å². The predicted octanol–water partition coefficient (Wildman–Crippen LogP) is 1.38. The van der Waals surface area contributed by atoms with Crippen LogP contribution in [0.25, 0.3) is 0 Å². The van der Waals surface area contributed by atoms with Crippen molar-refractivity contribution in [1.29, 1.82) is 0 Å². The van der Waals surface area contributed by atoms with Crippen LogP contribution in [0.15, 0.2) is 23.4 Å². The maximum atomic E-state index is 12.6.